The van der Waals surface area contributed by atoms with Crippen LogP contribution in [0.3, 0.4) is 0 Å². The number of thiophene rings is 1. The van der Waals surface area contributed by atoms with E-state index in [4.69, 9.17) is 22.1 Å². The molecule has 2 atom stereocenters. The van der Waals surface area contributed by atoms with Crippen molar-refractivity contribution in [3.8, 4) is 0 Å². The monoisotopic (exact) mass is 217 g/mol. The molecule has 1 aromatic heterocycles. The number of hydrogen-bond acceptors (Lipinski definition) is 3. The third kappa shape index (κ3) is 2.05. The summed E-state index contributed by atoms with van der Waals surface area (Å²) in [7, 11) is 0. The minimum Gasteiger partial charge on any atom is -0.376 e. The van der Waals surface area contributed by atoms with Gasteiger partial charge in [-0.2, -0.15) is 0 Å². The van der Waals surface area contributed by atoms with Gasteiger partial charge in [0.05, 0.1) is 16.5 Å². The SMILES string of the molecule is NC(c1ccc(Cl)s1)C1CCCO1. The first-order chi connectivity index (χ1) is 6.27. The fourth-order valence-electron chi connectivity index (χ4n) is 1.58. The van der Waals surface area contributed by atoms with E-state index in [1.165, 1.54) is 0 Å². The van der Waals surface area contributed by atoms with Crippen molar-refractivity contribution in [2.75, 3.05) is 6.61 Å². The average Bonchev–Trinajstić information content (AvgIpc) is 2.72. The molecular weight excluding hydrogens is 206 g/mol. The maximum absolute atomic E-state index is 6.04. The molecule has 0 amide bonds. The summed E-state index contributed by atoms with van der Waals surface area (Å²) in [4.78, 5) is 1.12. The lowest BCUT2D eigenvalue weighted by atomic mass is 10.1. The van der Waals surface area contributed by atoms with Crippen LogP contribution in [0.1, 0.15) is 23.8 Å². The molecule has 2 heterocycles. The predicted molar refractivity (Wildman–Crippen MR) is 55.2 cm³/mol. The molecule has 1 aliphatic heterocycles. The lowest BCUT2D eigenvalue weighted by Crippen LogP contribution is -2.24. The highest BCUT2D eigenvalue weighted by Gasteiger charge is 2.24. The second-order valence-electron chi connectivity index (χ2n) is 3.22. The standard InChI is InChI=1S/C9H12ClNOS/c10-8-4-3-7(13-8)9(11)6-2-1-5-12-6/h3-4,6,9H,1-2,5,11H2. The second-order valence-corrected chi connectivity index (χ2v) is 4.97. The molecular formula is C9H12ClNOS. The van der Waals surface area contributed by atoms with E-state index >= 15 is 0 Å². The van der Waals surface area contributed by atoms with Gasteiger partial charge in [-0.25, -0.2) is 0 Å². The van der Waals surface area contributed by atoms with Crippen LogP contribution >= 0.6 is 22.9 Å². The van der Waals surface area contributed by atoms with Gasteiger partial charge in [-0.3, -0.25) is 0 Å². The van der Waals surface area contributed by atoms with Gasteiger partial charge < -0.3 is 10.5 Å². The van der Waals surface area contributed by atoms with Crippen LogP contribution in [0.4, 0.5) is 0 Å². The summed E-state index contributed by atoms with van der Waals surface area (Å²) in [5.74, 6) is 0. The van der Waals surface area contributed by atoms with Crippen LogP contribution in [-0.2, 0) is 4.74 Å². The Morgan fingerprint density at radius 1 is 1.62 bits per heavy atom. The Balaban J connectivity index is 2.07. The highest BCUT2D eigenvalue weighted by Crippen LogP contribution is 2.31. The zero-order chi connectivity index (χ0) is 9.26. The Kier molecular flexibility index (Phi) is 2.89. The maximum atomic E-state index is 6.04. The minimum atomic E-state index is -0.000000000000000444. The molecule has 0 saturated carbocycles. The summed E-state index contributed by atoms with van der Waals surface area (Å²) >= 11 is 7.38. The van der Waals surface area contributed by atoms with Crippen molar-refractivity contribution in [1.82, 2.24) is 0 Å². The van der Waals surface area contributed by atoms with Crippen LogP contribution in [0, 0.1) is 0 Å². The van der Waals surface area contributed by atoms with Crippen molar-refractivity contribution in [2.45, 2.75) is 25.0 Å². The quantitative estimate of drug-likeness (QED) is 0.827. The molecule has 72 valence electrons. The zero-order valence-corrected chi connectivity index (χ0v) is 8.77. The van der Waals surface area contributed by atoms with Crippen LogP contribution in [0.2, 0.25) is 4.34 Å². The molecule has 2 nitrogen and oxygen atoms in total. The van der Waals surface area contributed by atoms with Gasteiger partial charge >= 0.3 is 0 Å². The molecule has 0 spiro atoms. The molecule has 4 heteroatoms. The molecule has 2 rings (SSSR count). The molecule has 0 aromatic carbocycles. The van der Waals surface area contributed by atoms with E-state index in [2.05, 4.69) is 0 Å². The van der Waals surface area contributed by atoms with Gasteiger partial charge in [0, 0.05) is 11.5 Å². The first-order valence-corrected chi connectivity index (χ1v) is 5.59. The predicted octanol–water partition coefficient (Wildman–Crippen LogP) is 2.58. The van der Waals surface area contributed by atoms with Crippen molar-refractivity contribution in [3.63, 3.8) is 0 Å². The van der Waals surface area contributed by atoms with Gasteiger partial charge in [-0.05, 0) is 25.0 Å². The zero-order valence-electron chi connectivity index (χ0n) is 7.20. The number of ether oxygens (including phenoxy) is 1. The first-order valence-electron chi connectivity index (χ1n) is 4.40. The second kappa shape index (κ2) is 3.96. The Labute approximate surface area is 86.6 Å². The lowest BCUT2D eigenvalue weighted by Gasteiger charge is -2.16. The molecule has 1 aromatic rings. The van der Waals surface area contributed by atoms with Crippen molar-refractivity contribution in [3.05, 3.63) is 21.3 Å². The Morgan fingerprint density at radius 3 is 3.00 bits per heavy atom. The molecule has 2 N–H and O–H groups in total. The normalized spacial score (nSPS) is 24.9. The van der Waals surface area contributed by atoms with E-state index in [1.807, 2.05) is 12.1 Å². The summed E-state index contributed by atoms with van der Waals surface area (Å²) < 4.78 is 6.31. The van der Waals surface area contributed by atoms with Crippen molar-refractivity contribution < 1.29 is 4.74 Å². The van der Waals surface area contributed by atoms with Crippen molar-refractivity contribution in [1.29, 1.82) is 0 Å². The van der Waals surface area contributed by atoms with E-state index < -0.39 is 0 Å². The van der Waals surface area contributed by atoms with Gasteiger partial charge in [0.15, 0.2) is 0 Å². The van der Waals surface area contributed by atoms with Crippen LogP contribution in [-0.4, -0.2) is 12.7 Å². The Bertz CT molecular complexity index is 283. The summed E-state index contributed by atoms with van der Waals surface area (Å²) in [6.45, 7) is 0.845. The number of hydrogen-bond donors (Lipinski definition) is 1. The fourth-order valence-corrected chi connectivity index (χ4v) is 2.69. The van der Waals surface area contributed by atoms with Gasteiger partial charge in [0.1, 0.15) is 0 Å². The molecule has 0 radical (unpaired) electrons. The summed E-state index contributed by atoms with van der Waals surface area (Å²) in [6.07, 6.45) is 2.38. The van der Waals surface area contributed by atoms with Crippen LogP contribution in [0.15, 0.2) is 12.1 Å². The Morgan fingerprint density at radius 2 is 2.46 bits per heavy atom. The van der Waals surface area contributed by atoms with Gasteiger partial charge in [0.25, 0.3) is 0 Å². The van der Waals surface area contributed by atoms with E-state index in [0.29, 0.717) is 0 Å². The van der Waals surface area contributed by atoms with E-state index in [1.54, 1.807) is 11.3 Å². The molecule has 13 heavy (non-hydrogen) atoms. The summed E-state index contributed by atoms with van der Waals surface area (Å²) in [5.41, 5.74) is 6.04. The highest BCUT2D eigenvalue weighted by atomic mass is 35.5. The third-order valence-electron chi connectivity index (χ3n) is 2.29. The largest absolute Gasteiger partial charge is 0.376 e. The van der Waals surface area contributed by atoms with Gasteiger partial charge in [-0.1, -0.05) is 11.6 Å². The van der Waals surface area contributed by atoms with Gasteiger partial charge in [0.2, 0.25) is 0 Å². The molecule has 1 aliphatic rings. The van der Waals surface area contributed by atoms with Crippen LogP contribution in [0.5, 0.6) is 0 Å². The molecule has 1 saturated heterocycles. The first kappa shape index (κ1) is 9.46. The molecule has 0 aliphatic carbocycles. The fraction of sp³-hybridized carbons (Fsp3) is 0.556. The lowest BCUT2D eigenvalue weighted by molar-refractivity contribution is 0.0909. The number of rotatable bonds is 2. The molecule has 2 unspecified atom stereocenters. The average molecular weight is 218 g/mol. The minimum absolute atomic E-state index is 0.000000000000000444. The Hall–Kier alpha value is -0.0900. The summed E-state index contributed by atoms with van der Waals surface area (Å²) in [5, 5.41) is 0. The van der Waals surface area contributed by atoms with E-state index in [9.17, 15) is 0 Å². The van der Waals surface area contributed by atoms with Crippen molar-refractivity contribution in [2.24, 2.45) is 5.73 Å². The van der Waals surface area contributed by atoms with Crippen LogP contribution < -0.4 is 5.73 Å². The number of nitrogens with two attached hydrogens (primary N) is 1. The number of halogens is 1. The highest BCUT2D eigenvalue weighted by molar-refractivity contribution is 7.16. The topological polar surface area (TPSA) is 35.2 Å². The van der Waals surface area contributed by atoms with Gasteiger partial charge in [-0.15, -0.1) is 11.3 Å². The molecule has 0 bridgehead atoms. The smallest absolute Gasteiger partial charge is 0.0931 e. The van der Waals surface area contributed by atoms with Crippen LogP contribution in [0.25, 0.3) is 0 Å². The van der Waals surface area contributed by atoms with E-state index in [0.717, 1.165) is 28.7 Å². The summed E-state index contributed by atoms with van der Waals surface area (Å²) in [6, 6.07) is 3.87. The molecule has 1 fully saturated rings. The van der Waals surface area contributed by atoms with Crippen molar-refractivity contribution >= 4 is 22.9 Å². The van der Waals surface area contributed by atoms with E-state index in [-0.39, 0.29) is 12.1 Å². The third-order valence-corrected chi connectivity index (χ3v) is 3.62. The maximum Gasteiger partial charge on any atom is 0.0931 e.